The van der Waals surface area contributed by atoms with Crippen molar-refractivity contribution >= 4 is 5.91 Å². The van der Waals surface area contributed by atoms with E-state index in [1.54, 1.807) is 0 Å². The molecule has 0 heterocycles. The van der Waals surface area contributed by atoms with Crippen LogP contribution in [-0.4, -0.2) is 30.3 Å². The lowest BCUT2D eigenvalue weighted by Gasteiger charge is -2.11. The van der Waals surface area contributed by atoms with Crippen LogP contribution in [0.1, 0.15) is 19.3 Å². The van der Waals surface area contributed by atoms with Gasteiger partial charge in [0.1, 0.15) is 5.75 Å². The van der Waals surface area contributed by atoms with E-state index in [9.17, 15) is 9.90 Å². The number of carbonyl (C=O) groups excluding carboxylic acids is 1. The third kappa shape index (κ3) is 4.04. The summed E-state index contributed by atoms with van der Waals surface area (Å²) in [5.41, 5.74) is 0. The van der Waals surface area contributed by atoms with Gasteiger partial charge < -0.3 is 15.2 Å². The maximum Gasteiger partial charge on any atom is 0.257 e. The highest BCUT2D eigenvalue weighted by molar-refractivity contribution is 5.77. The molecule has 4 heteroatoms. The number of carbonyl (C=O) groups is 1. The van der Waals surface area contributed by atoms with Crippen LogP contribution >= 0.6 is 0 Å². The first-order valence-electron chi connectivity index (χ1n) is 6.36. The molecule has 1 aliphatic carbocycles. The Morgan fingerprint density at radius 3 is 2.78 bits per heavy atom. The molecule has 18 heavy (non-hydrogen) atoms. The van der Waals surface area contributed by atoms with Crippen LogP contribution in [-0.2, 0) is 4.79 Å². The average Bonchev–Trinajstić information content (AvgIpc) is 2.81. The second-order valence-corrected chi connectivity index (χ2v) is 4.74. The first-order chi connectivity index (χ1) is 8.74. The molecule has 1 aromatic rings. The molecule has 4 nitrogen and oxygen atoms in total. The lowest BCUT2D eigenvalue weighted by atomic mass is 10.1. The van der Waals surface area contributed by atoms with E-state index < -0.39 is 0 Å². The number of benzene rings is 1. The standard InChI is InChI=1S/C14H19NO3/c16-12-7-6-11(8-12)9-15-14(17)10-18-13-4-2-1-3-5-13/h1-5,11-12,16H,6-10H2,(H,15,17). The quantitative estimate of drug-likeness (QED) is 0.828. The van der Waals surface area contributed by atoms with E-state index in [1.165, 1.54) is 0 Å². The average molecular weight is 249 g/mol. The third-order valence-electron chi connectivity index (χ3n) is 3.21. The van der Waals surface area contributed by atoms with E-state index in [0.717, 1.165) is 19.3 Å². The molecule has 0 spiro atoms. The van der Waals surface area contributed by atoms with Crippen molar-refractivity contribution in [1.29, 1.82) is 0 Å². The van der Waals surface area contributed by atoms with Crippen molar-refractivity contribution in [1.82, 2.24) is 5.32 Å². The van der Waals surface area contributed by atoms with Crippen LogP contribution in [0.25, 0.3) is 0 Å². The first kappa shape index (κ1) is 12.9. The van der Waals surface area contributed by atoms with E-state index in [2.05, 4.69) is 5.32 Å². The number of rotatable bonds is 5. The predicted molar refractivity (Wildman–Crippen MR) is 68.3 cm³/mol. The van der Waals surface area contributed by atoms with E-state index >= 15 is 0 Å². The Kier molecular flexibility index (Phi) is 4.59. The summed E-state index contributed by atoms with van der Waals surface area (Å²) in [5.74, 6) is 0.991. The zero-order chi connectivity index (χ0) is 12.8. The Morgan fingerprint density at radius 2 is 2.11 bits per heavy atom. The van der Waals surface area contributed by atoms with Crippen molar-refractivity contribution in [2.24, 2.45) is 5.92 Å². The smallest absolute Gasteiger partial charge is 0.257 e. The molecule has 0 bridgehead atoms. The van der Waals surface area contributed by atoms with Gasteiger partial charge in [0.25, 0.3) is 5.91 Å². The Labute approximate surface area is 107 Å². The topological polar surface area (TPSA) is 58.6 Å². The number of hydrogen-bond donors (Lipinski definition) is 2. The highest BCUT2D eigenvalue weighted by Crippen LogP contribution is 2.24. The van der Waals surface area contributed by atoms with Gasteiger partial charge in [0, 0.05) is 6.54 Å². The van der Waals surface area contributed by atoms with Gasteiger partial charge in [-0.25, -0.2) is 0 Å². The summed E-state index contributed by atoms with van der Waals surface area (Å²) < 4.78 is 5.34. The molecule has 1 aliphatic rings. The summed E-state index contributed by atoms with van der Waals surface area (Å²) in [6.07, 6.45) is 2.44. The molecular weight excluding hydrogens is 230 g/mol. The molecule has 98 valence electrons. The SMILES string of the molecule is O=C(COc1ccccc1)NCC1CCC(O)C1. The molecule has 2 N–H and O–H groups in total. The molecule has 1 fully saturated rings. The van der Waals surface area contributed by atoms with Crippen molar-refractivity contribution in [2.45, 2.75) is 25.4 Å². The molecule has 0 saturated heterocycles. The normalized spacial score (nSPS) is 22.7. The highest BCUT2D eigenvalue weighted by atomic mass is 16.5. The zero-order valence-corrected chi connectivity index (χ0v) is 10.3. The summed E-state index contributed by atoms with van der Waals surface area (Å²) in [6.45, 7) is 0.674. The number of aliphatic hydroxyl groups excluding tert-OH is 1. The van der Waals surface area contributed by atoms with Crippen molar-refractivity contribution in [2.75, 3.05) is 13.2 Å². The lowest BCUT2D eigenvalue weighted by molar-refractivity contribution is -0.123. The summed E-state index contributed by atoms with van der Waals surface area (Å²) in [4.78, 5) is 11.6. The van der Waals surface area contributed by atoms with Gasteiger partial charge in [-0.2, -0.15) is 0 Å². The van der Waals surface area contributed by atoms with E-state index in [1.807, 2.05) is 30.3 Å². The van der Waals surface area contributed by atoms with Gasteiger partial charge in [-0.05, 0) is 37.3 Å². The highest BCUT2D eigenvalue weighted by Gasteiger charge is 2.22. The Balaban J connectivity index is 1.63. The third-order valence-corrected chi connectivity index (χ3v) is 3.21. The van der Waals surface area contributed by atoms with E-state index in [-0.39, 0.29) is 18.6 Å². The second-order valence-electron chi connectivity index (χ2n) is 4.74. The van der Waals surface area contributed by atoms with Crippen LogP contribution in [0.15, 0.2) is 30.3 Å². The molecule has 2 unspecified atom stereocenters. The molecule has 1 amide bonds. The van der Waals surface area contributed by atoms with Crippen molar-refractivity contribution in [3.8, 4) is 5.75 Å². The molecule has 0 radical (unpaired) electrons. The van der Waals surface area contributed by atoms with Crippen molar-refractivity contribution in [3.05, 3.63) is 30.3 Å². The van der Waals surface area contributed by atoms with Gasteiger partial charge in [0.15, 0.2) is 6.61 Å². The van der Waals surface area contributed by atoms with Gasteiger partial charge in [0.05, 0.1) is 6.10 Å². The summed E-state index contributed by atoms with van der Waals surface area (Å²) >= 11 is 0. The second kappa shape index (κ2) is 6.40. The largest absolute Gasteiger partial charge is 0.484 e. The number of aliphatic hydroxyl groups is 1. The first-order valence-corrected chi connectivity index (χ1v) is 6.36. The van der Waals surface area contributed by atoms with Gasteiger partial charge in [0.2, 0.25) is 0 Å². The van der Waals surface area contributed by atoms with Crippen LogP contribution < -0.4 is 10.1 Å². The maximum atomic E-state index is 11.6. The van der Waals surface area contributed by atoms with Crippen LogP contribution in [0.4, 0.5) is 0 Å². The number of ether oxygens (including phenoxy) is 1. The Hall–Kier alpha value is -1.55. The Bertz CT molecular complexity index is 380. The zero-order valence-electron chi connectivity index (χ0n) is 10.3. The van der Waals surface area contributed by atoms with Gasteiger partial charge in [-0.3, -0.25) is 4.79 Å². The molecule has 0 aliphatic heterocycles. The van der Waals surface area contributed by atoms with Crippen molar-refractivity contribution < 1.29 is 14.6 Å². The molecule has 1 aromatic carbocycles. The van der Waals surface area contributed by atoms with Gasteiger partial charge >= 0.3 is 0 Å². The fourth-order valence-electron chi connectivity index (χ4n) is 2.21. The number of amides is 1. The van der Waals surface area contributed by atoms with E-state index in [4.69, 9.17) is 4.74 Å². The maximum absolute atomic E-state index is 11.6. The fraction of sp³-hybridized carbons (Fsp3) is 0.500. The van der Waals surface area contributed by atoms with Gasteiger partial charge in [-0.1, -0.05) is 18.2 Å². The molecule has 0 aromatic heterocycles. The van der Waals surface area contributed by atoms with E-state index in [0.29, 0.717) is 18.2 Å². The molecule has 2 rings (SSSR count). The monoisotopic (exact) mass is 249 g/mol. The minimum absolute atomic E-state index is 0.0410. The summed E-state index contributed by atoms with van der Waals surface area (Å²) in [6, 6.07) is 9.28. The van der Waals surface area contributed by atoms with Crippen molar-refractivity contribution in [3.63, 3.8) is 0 Å². The van der Waals surface area contributed by atoms with Crippen LogP contribution in [0.5, 0.6) is 5.75 Å². The molecular formula is C14H19NO3. The summed E-state index contributed by atoms with van der Waals surface area (Å²) in [5, 5.41) is 12.2. The van der Waals surface area contributed by atoms with Crippen LogP contribution in [0.3, 0.4) is 0 Å². The van der Waals surface area contributed by atoms with Crippen LogP contribution in [0, 0.1) is 5.92 Å². The Morgan fingerprint density at radius 1 is 1.33 bits per heavy atom. The predicted octanol–water partition coefficient (Wildman–Crippen LogP) is 1.34. The minimum Gasteiger partial charge on any atom is -0.484 e. The summed E-state index contributed by atoms with van der Waals surface area (Å²) in [7, 11) is 0. The number of hydrogen-bond acceptors (Lipinski definition) is 3. The fourth-order valence-corrected chi connectivity index (χ4v) is 2.21. The number of para-hydroxylation sites is 1. The molecule has 2 atom stereocenters. The molecule has 1 saturated carbocycles. The lowest BCUT2D eigenvalue weighted by Crippen LogP contribution is -2.32. The van der Waals surface area contributed by atoms with Gasteiger partial charge in [-0.15, -0.1) is 0 Å². The van der Waals surface area contributed by atoms with Crippen LogP contribution in [0.2, 0.25) is 0 Å². The number of nitrogens with one attached hydrogen (secondary N) is 1. The minimum atomic E-state index is -0.188.